The van der Waals surface area contributed by atoms with Gasteiger partial charge < -0.3 is 18.8 Å². The molecule has 1 saturated heterocycles. The Morgan fingerprint density at radius 3 is 2.15 bits per heavy atom. The highest BCUT2D eigenvalue weighted by atomic mass is 19.4. The molecule has 0 unspecified atom stereocenters. The van der Waals surface area contributed by atoms with Gasteiger partial charge in [-0.15, -0.1) is 0 Å². The first-order valence-corrected chi connectivity index (χ1v) is 10.8. The molecule has 3 aromatic rings. The maximum atomic E-state index is 12.6. The molecule has 34 heavy (non-hydrogen) atoms. The molecule has 1 aliphatic heterocycles. The van der Waals surface area contributed by atoms with Crippen molar-refractivity contribution in [3.63, 3.8) is 0 Å². The molecule has 0 N–H and O–H groups in total. The first kappa shape index (κ1) is 24.1. The third-order valence-corrected chi connectivity index (χ3v) is 6.00. The summed E-state index contributed by atoms with van der Waals surface area (Å²) in [4.78, 5) is 3.71. The van der Waals surface area contributed by atoms with Gasteiger partial charge in [-0.25, -0.2) is 4.98 Å². The molecule has 1 aromatic heterocycles. The summed E-state index contributed by atoms with van der Waals surface area (Å²) < 4.78 is 61.6. The van der Waals surface area contributed by atoms with Crippen LogP contribution in [0.1, 0.15) is 38.8 Å². The number of aromatic nitrogens is 1. The molecule has 0 bridgehead atoms. The lowest BCUT2D eigenvalue weighted by molar-refractivity contribution is -0.137. The largest absolute Gasteiger partial charge is 0.494 e. The molecule has 2 aromatic carbocycles. The van der Waals surface area contributed by atoms with E-state index in [9.17, 15) is 13.2 Å². The summed E-state index contributed by atoms with van der Waals surface area (Å²) in [5, 5.41) is 0. The van der Waals surface area contributed by atoms with Gasteiger partial charge in [-0.05, 0) is 69.1 Å². The van der Waals surface area contributed by atoms with E-state index in [-0.39, 0.29) is 5.88 Å². The SMILES string of the molecule is CC1(C)OB(c2cccc(OCc3ccc(Oc4ccc(C(F)(F)F)cn4)cc3)c2)OC1(C)C. The second-order valence-corrected chi connectivity index (χ2v) is 9.08. The highest BCUT2D eigenvalue weighted by Crippen LogP contribution is 2.36. The van der Waals surface area contributed by atoms with Gasteiger partial charge in [0.1, 0.15) is 18.1 Å². The number of benzene rings is 2. The fraction of sp³-hybridized carbons (Fsp3) is 0.320. The van der Waals surface area contributed by atoms with E-state index < -0.39 is 30.1 Å². The van der Waals surface area contributed by atoms with Gasteiger partial charge in [0.2, 0.25) is 5.88 Å². The summed E-state index contributed by atoms with van der Waals surface area (Å²) in [6.45, 7) is 8.36. The summed E-state index contributed by atoms with van der Waals surface area (Å²) in [5.74, 6) is 1.22. The van der Waals surface area contributed by atoms with E-state index in [1.54, 1.807) is 12.1 Å². The average molecular weight is 471 g/mol. The van der Waals surface area contributed by atoms with Crippen LogP contribution < -0.4 is 14.9 Å². The Labute approximate surface area is 197 Å². The molecule has 9 heteroatoms. The van der Waals surface area contributed by atoms with E-state index in [0.717, 1.165) is 23.3 Å². The zero-order valence-electron chi connectivity index (χ0n) is 19.3. The Hall–Kier alpha value is -3.04. The predicted molar refractivity (Wildman–Crippen MR) is 122 cm³/mol. The molecular weight excluding hydrogens is 446 g/mol. The molecule has 1 fully saturated rings. The molecule has 2 heterocycles. The highest BCUT2D eigenvalue weighted by Gasteiger charge is 2.51. The quantitative estimate of drug-likeness (QED) is 0.428. The molecule has 4 rings (SSSR count). The fourth-order valence-electron chi connectivity index (χ4n) is 3.28. The van der Waals surface area contributed by atoms with Crippen molar-refractivity contribution in [1.82, 2.24) is 4.98 Å². The van der Waals surface area contributed by atoms with Crippen LogP contribution in [-0.2, 0) is 22.1 Å². The lowest BCUT2D eigenvalue weighted by Gasteiger charge is -2.32. The Balaban J connectivity index is 1.35. The number of halogens is 3. The average Bonchev–Trinajstić information content (AvgIpc) is 3.00. The summed E-state index contributed by atoms with van der Waals surface area (Å²) in [6, 6.07) is 16.8. The van der Waals surface area contributed by atoms with E-state index in [2.05, 4.69) is 4.98 Å². The lowest BCUT2D eigenvalue weighted by Crippen LogP contribution is -2.41. The van der Waals surface area contributed by atoms with Crippen molar-refractivity contribution in [3.8, 4) is 17.4 Å². The van der Waals surface area contributed by atoms with Crippen LogP contribution in [-0.4, -0.2) is 23.3 Å². The lowest BCUT2D eigenvalue weighted by atomic mass is 9.79. The second kappa shape index (κ2) is 8.96. The van der Waals surface area contributed by atoms with Gasteiger partial charge >= 0.3 is 13.3 Å². The van der Waals surface area contributed by atoms with E-state index in [1.807, 2.05) is 64.1 Å². The molecule has 178 valence electrons. The third kappa shape index (κ3) is 5.37. The van der Waals surface area contributed by atoms with Crippen LogP contribution in [0.4, 0.5) is 13.2 Å². The molecule has 0 aliphatic carbocycles. The molecule has 0 saturated carbocycles. The monoisotopic (exact) mass is 471 g/mol. The zero-order chi connectivity index (χ0) is 24.6. The third-order valence-electron chi connectivity index (χ3n) is 6.00. The number of hydrogen-bond acceptors (Lipinski definition) is 5. The van der Waals surface area contributed by atoms with E-state index in [1.165, 1.54) is 6.07 Å². The highest BCUT2D eigenvalue weighted by molar-refractivity contribution is 6.62. The Bertz CT molecular complexity index is 1120. The van der Waals surface area contributed by atoms with Gasteiger partial charge in [0, 0.05) is 12.3 Å². The van der Waals surface area contributed by atoms with Crippen molar-refractivity contribution >= 4 is 12.6 Å². The fourth-order valence-corrected chi connectivity index (χ4v) is 3.28. The molecule has 0 atom stereocenters. The van der Waals surface area contributed by atoms with Gasteiger partial charge in [-0.3, -0.25) is 0 Å². The summed E-state index contributed by atoms with van der Waals surface area (Å²) in [6.07, 6.45) is -3.69. The first-order valence-electron chi connectivity index (χ1n) is 10.8. The molecular formula is C25H25BF3NO4. The number of nitrogens with zero attached hydrogens (tertiary/aromatic N) is 1. The smallest absolute Gasteiger partial charge is 0.489 e. The van der Waals surface area contributed by atoms with Crippen molar-refractivity contribution in [3.05, 3.63) is 78.0 Å². The van der Waals surface area contributed by atoms with Crippen molar-refractivity contribution in [2.45, 2.75) is 51.7 Å². The van der Waals surface area contributed by atoms with Crippen molar-refractivity contribution in [1.29, 1.82) is 0 Å². The predicted octanol–water partition coefficient (Wildman–Crippen LogP) is 5.77. The number of rotatable bonds is 6. The van der Waals surface area contributed by atoms with Crippen LogP contribution in [0.3, 0.4) is 0 Å². The van der Waals surface area contributed by atoms with E-state index in [0.29, 0.717) is 18.1 Å². The minimum atomic E-state index is -4.43. The summed E-state index contributed by atoms with van der Waals surface area (Å²) >= 11 is 0. The van der Waals surface area contributed by atoms with Crippen LogP contribution in [0.25, 0.3) is 0 Å². The molecule has 1 aliphatic rings. The Kier molecular flexibility index (Phi) is 6.35. The van der Waals surface area contributed by atoms with Gasteiger partial charge in [-0.1, -0.05) is 24.3 Å². The van der Waals surface area contributed by atoms with Crippen LogP contribution in [0, 0.1) is 0 Å². The molecule has 0 spiro atoms. The molecule has 0 radical (unpaired) electrons. The standard InChI is InChI=1S/C25H25BF3NO4/c1-23(2)24(3,4)34-26(33-23)19-6-5-7-21(14-19)31-16-17-8-11-20(12-9-17)32-22-13-10-18(15-30-22)25(27,28)29/h5-15H,16H2,1-4H3. The number of pyridine rings is 1. The van der Waals surface area contributed by atoms with Crippen molar-refractivity contribution in [2.75, 3.05) is 0 Å². The van der Waals surface area contributed by atoms with Crippen LogP contribution in [0.5, 0.6) is 17.4 Å². The van der Waals surface area contributed by atoms with Crippen molar-refractivity contribution in [2.24, 2.45) is 0 Å². The second-order valence-electron chi connectivity index (χ2n) is 9.08. The summed E-state index contributed by atoms with van der Waals surface area (Å²) in [5.41, 5.74) is 0.107. The molecule has 5 nitrogen and oxygen atoms in total. The first-order chi connectivity index (χ1) is 15.9. The Morgan fingerprint density at radius 2 is 1.56 bits per heavy atom. The van der Waals surface area contributed by atoms with Gasteiger partial charge in [-0.2, -0.15) is 13.2 Å². The number of alkyl halides is 3. The van der Waals surface area contributed by atoms with E-state index >= 15 is 0 Å². The topological polar surface area (TPSA) is 49.8 Å². The van der Waals surface area contributed by atoms with E-state index in [4.69, 9.17) is 18.8 Å². The minimum Gasteiger partial charge on any atom is -0.489 e. The minimum absolute atomic E-state index is 0.0801. The van der Waals surface area contributed by atoms with Gasteiger partial charge in [0.25, 0.3) is 0 Å². The maximum absolute atomic E-state index is 12.6. The Morgan fingerprint density at radius 1 is 0.882 bits per heavy atom. The van der Waals surface area contributed by atoms with Gasteiger partial charge in [0.15, 0.2) is 0 Å². The normalized spacial score (nSPS) is 17.0. The number of ether oxygens (including phenoxy) is 2. The summed E-state index contributed by atoms with van der Waals surface area (Å²) in [7, 11) is -0.469. The number of hydrogen-bond donors (Lipinski definition) is 0. The van der Waals surface area contributed by atoms with Crippen LogP contribution >= 0.6 is 0 Å². The van der Waals surface area contributed by atoms with Crippen molar-refractivity contribution < 1.29 is 32.0 Å². The van der Waals surface area contributed by atoms with Crippen LogP contribution in [0.2, 0.25) is 0 Å². The zero-order valence-corrected chi connectivity index (χ0v) is 19.3. The molecule has 0 amide bonds. The van der Waals surface area contributed by atoms with Gasteiger partial charge in [0.05, 0.1) is 16.8 Å². The van der Waals surface area contributed by atoms with Crippen LogP contribution in [0.15, 0.2) is 66.9 Å². The maximum Gasteiger partial charge on any atom is 0.494 e.